The van der Waals surface area contributed by atoms with Gasteiger partial charge in [0.25, 0.3) is 5.91 Å². The number of likely N-dealkylation sites (tertiary alicyclic amines) is 1. The van der Waals surface area contributed by atoms with Crippen LogP contribution in [0.15, 0.2) is 29.8 Å². The first-order valence-corrected chi connectivity index (χ1v) is 8.41. The molecule has 1 amide bonds. The number of benzene rings is 1. The zero-order chi connectivity index (χ0) is 15.5. The second-order valence-electron chi connectivity index (χ2n) is 5.61. The van der Waals surface area contributed by atoms with Crippen LogP contribution in [-0.2, 0) is 6.42 Å². The van der Waals surface area contributed by atoms with E-state index in [2.05, 4.69) is 17.1 Å². The van der Waals surface area contributed by atoms with Gasteiger partial charge in [-0.3, -0.25) is 4.79 Å². The predicted octanol–water partition coefficient (Wildman–Crippen LogP) is 3.31. The standard InChI is InChI=1S/C17H20N2O2S/c1-12-16(22-11-18-12)17(20)19-9-3-4-14(19)10-13-5-7-15(21-2)8-6-13/h5-8,11,14H,3-4,9-10H2,1-2H3/t14-/m0/s1. The van der Waals surface area contributed by atoms with Gasteiger partial charge in [0.2, 0.25) is 0 Å². The number of hydrogen-bond acceptors (Lipinski definition) is 4. The number of methoxy groups -OCH3 is 1. The monoisotopic (exact) mass is 316 g/mol. The maximum Gasteiger partial charge on any atom is 0.266 e. The lowest BCUT2D eigenvalue weighted by Crippen LogP contribution is -2.36. The Morgan fingerprint density at radius 1 is 1.41 bits per heavy atom. The summed E-state index contributed by atoms with van der Waals surface area (Å²) in [6, 6.07) is 8.39. The number of aromatic nitrogens is 1. The summed E-state index contributed by atoms with van der Waals surface area (Å²) in [6.45, 7) is 2.75. The number of ether oxygens (including phenoxy) is 1. The van der Waals surface area contributed by atoms with Crippen molar-refractivity contribution < 1.29 is 9.53 Å². The summed E-state index contributed by atoms with van der Waals surface area (Å²) in [5.41, 5.74) is 3.83. The lowest BCUT2D eigenvalue weighted by Gasteiger charge is -2.24. The molecule has 0 bridgehead atoms. The fourth-order valence-corrected chi connectivity index (χ4v) is 3.74. The molecule has 1 saturated heterocycles. The average molecular weight is 316 g/mol. The van der Waals surface area contributed by atoms with Crippen molar-refractivity contribution in [2.24, 2.45) is 0 Å². The van der Waals surface area contributed by atoms with Crippen molar-refractivity contribution in [2.75, 3.05) is 13.7 Å². The third-order valence-corrected chi connectivity index (χ3v) is 5.12. The van der Waals surface area contributed by atoms with Crippen molar-refractivity contribution in [2.45, 2.75) is 32.2 Å². The first kappa shape index (κ1) is 15.0. The van der Waals surface area contributed by atoms with Crippen molar-refractivity contribution in [3.05, 3.63) is 45.9 Å². The molecule has 0 N–H and O–H groups in total. The fraction of sp³-hybridized carbons (Fsp3) is 0.412. The molecule has 4 nitrogen and oxygen atoms in total. The minimum absolute atomic E-state index is 0.135. The van der Waals surface area contributed by atoms with Crippen LogP contribution >= 0.6 is 11.3 Å². The van der Waals surface area contributed by atoms with E-state index in [-0.39, 0.29) is 11.9 Å². The molecule has 1 fully saturated rings. The van der Waals surface area contributed by atoms with E-state index >= 15 is 0 Å². The molecule has 0 unspecified atom stereocenters. The number of thiazole rings is 1. The molecule has 1 aliphatic rings. The molecule has 1 aliphatic heterocycles. The molecule has 2 heterocycles. The minimum atomic E-state index is 0.135. The molecule has 0 saturated carbocycles. The van der Waals surface area contributed by atoms with Gasteiger partial charge in [-0.1, -0.05) is 12.1 Å². The van der Waals surface area contributed by atoms with Gasteiger partial charge in [-0.15, -0.1) is 11.3 Å². The molecule has 1 aromatic carbocycles. The molecule has 5 heteroatoms. The maximum atomic E-state index is 12.7. The Bertz CT molecular complexity index is 651. The van der Waals surface area contributed by atoms with Gasteiger partial charge < -0.3 is 9.64 Å². The number of carbonyl (C=O) groups excluding carboxylic acids is 1. The third-order valence-electron chi connectivity index (χ3n) is 4.21. The number of amides is 1. The topological polar surface area (TPSA) is 42.4 Å². The molecule has 0 aliphatic carbocycles. The molecular formula is C17H20N2O2S. The van der Waals surface area contributed by atoms with Crippen LogP contribution in [0, 0.1) is 6.92 Å². The molecule has 3 rings (SSSR count). The zero-order valence-corrected chi connectivity index (χ0v) is 13.7. The Labute approximate surface area is 134 Å². The van der Waals surface area contributed by atoms with Crippen LogP contribution < -0.4 is 4.74 Å². The molecule has 116 valence electrons. The smallest absolute Gasteiger partial charge is 0.266 e. The molecule has 1 aromatic heterocycles. The van der Waals surface area contributed by atoms with Crippen molar-refractivity contribution in [3.8, 4) is 5.75 Å². The van der Waals surface area contributed by atoms with E-state index in [1.165, 1.54) is 16.9 Å². The summed E-state index contributed by atoms with van der Waals surface area (Å²) in [5.74, 6) is 0.999. The highest BCUT2D eigenvalue weighted by Crippen LogP contribution is 2.26. The molecule has 0 spiro atoms. The van der Waals surface area contributed by atoms with E-state index < -0.39 is 0 Å². The van der Waals surface area contributed by atoms with Crippen molar-refractivity contribution in [3.63, 3.8) is 0 Å². The maximum absolute atomic E-state index is 12.7. The Kier molecular flexibility index (Phi) is 4.43. The summed E-state index contributed by atoms with van der Waals surface area (Å²) in [7, 11) is 1.67. The van der Waals surface area contributed by atoms with E-state index in [1.54, 1.807) is 12.6 Å². The Morgan fingerprint density at radius 2 is 2.18 bits per heavy atom. The van der Waals surface area contributed by atoms with Gasteiger partial charge in [0.05, 0.1) is 18.3 Å². The van der Waals surface area contributed by atoms with Gasteiger partial charge in [-0.05, 0) is 43.9 Å². The van der Waals surface area contributed by atoms with Crippen LogP contribution in [0.2, 0.25) is 0 Å². The number of hydrogen-bond donors (Lipinski definition) is 0. The van der Waals surface area contributed by atoms with Gasteiger partial charge in [-0.2, -0.15) is 0 Å². The van der Waals surface area contributed by atoms with Crippen LogP contribution in [0.5, 0.6) is 5.75 Å². The van der Waals surface area contributed by atoms with Crippen molar-refractivity contribution >= 4 is 17.2 Å². The quantitative estimate of drug-likeness (QED) is 0.869. The SMILES string of the molecule is COc1ccc(C[C@@H]2CCCN2C(=O)c2scnc2C)cc1. The second kappa shape index (κ2) is 6.48. The molecule has 22 heavy (non-hydrogen) atoms. The highest BCUT2D eigenvalue weighted by molar-refractivity contribution is 7.11. The largest absolute Gasteiger partial charge is 0.497 e. The Balaban J connectivity index is 1.72. The normalized spacial score (nSPS) is 17.7. The number of aryl methyl sites for hydroxylation is 1. The third kappa shape index (κ3) is 2.99. The first-order chi connectivity index (χ1) is 10.7. The Hall–Kier alpha value is -1.88. The minimum Gasteiger partial charge on any atom is -0.497 e. The molecule has 0 radical (unpaired) electrons. The van der Waals surface area contributed by atoms with Gasteiger partial charge in [0, 0.05) is 12.6 Å². The molecule has 2 aromatic rings. The summed E-state index contributed by atoms with van der Waals surface area (Å²) >= 11 is 1.44. The van der Waals surface area contributed by atoms with Crippen molar-refractivity contribution in [1.29, 1.82) is 0 Å². The van der Waals surface area contributed by atoms with E-state index in [9.17, 15) is 4.79 Å². The van der Waals surface area contributed by atoms with Gasteiger partial charge in [-0.25, -0.2) is 4.98 Å². The van der Waals surface area contributed by atoms with Crippen molar-refractivity contribution in [1.82, 2.24) is 9.88 Å². The zero-order valence-electron chi connectivity index (χ0n) is 12.9. The molecule has 1 atom stereocenters. The van der Waals surface area contributed by atoms with Crippen LogP contribution in [-0.4, -0.2) is 35.5 Å². The lowest BCUT2D eigenvalue weighted by atomic mass is 10.0. The highest BCUT2D eigenvalue weighted by atomic mass is 32.1. The van der Waals surface area contributed by atoms with Crippen LogP contribution in [0.3, 0.4) is 0 Å². The van der Waals surface area contributed by atoms with Crippen LogP contribution in [0.4, 0.5) is 0 Å². The number of rotatable bonds is 4. The van der Waals surface area contributed by atoms with E-state index in [0.717, 1.165) is 42.1 Å². The van der Waals surface area contributed by atoms with Gasteiger partial charge in [0.15, 0.2) is 0 Å². The first-order valence-electron chi connectivity index (χ1n) is 7.53. The summed E-state index contributed by atoms with van der Waals surface area (Å²) in [5, 5.41) is 0. The van der Waals surface area contributed by atoms with Gasteiger partial charge >= 0.3 is 0 Å². The van der Waals surface area contributed by atoms with Crippen LogP contribution in [0.1, 0.15) is 33.8 Å². The highest BCUT2D eigenvalue weighted by Gasteiger charge is 2.30. The second-order valence-corrected chi connectivity index (χ2v) is 6.47. The van der Waals surface area contributed by atoms with E-state index in [4.69, 9.17) is 4.74 Å². The van der Waals surface area contributed by atoms with E-state index in [0.29, 0.717) is 0 Å². The number of nitrogens with zero attached hydrogens (tertiary/aromatic N) is 2. The van der Waals surface area contributed by atoms with Crippen LogP contribution in [0.25, 0.3) is 0 Å². The summed E-state index contributed by atoms with van der Waals surface area (Å²) in [4.78, 5) is 19.7. The van der Waals surface area contributed by atoms with E-state index in [1.807, 2.05) is 24.0 Å². The summed E-state index contributed by atoms with van der Waals surface area (Å²) in [6.07, 6.45) is 3.04. The average Bonchev–Trinajstić information content (AvgIpc) is 3.16. The van der Waals surface area contributed by atoms with Gasteiger partial charge in [0.1, 0.15) is 10.6 Å². The fourth-order valence-electron chi connectivity index (χ4n) is 2.99. The Morgan fingerprint density at radius 3 is 2.82 bits per heavy atom. The predicted molar refractivity (Wildman–Crippen MR) is 87.6 cm³/mol. The summed E-state index contributed by atoms with van der Waals surface area (Å²) < 4.78 is 5.19. The molecular weight excluding hydrogens is 296 g/mol. The number of carbonyl (C=O) groups is 1. The lowest BCUT2D eigenvalue weighted by molar-refractivity contribution is 0.0740.